The van der Waals surface area contributed by atoms with E-state index in [2.05, 4.69) is 52.9 Å². The molecule has 0 unspecified atom stereocenters. The van der Waals surface area contributed by atoms with E-state index in [1.807, 2.05) is 30.3 Å². The van der Waals surface area contributed by atoms with Crippen LogP contribution in [0.2, 0.25) is 0 Å². The molecule has 0 radical (unpaired) electrons. The molecule has 0 saturated carbocycles. The molecule has 3 rings (SSSR count). The van der Waals surface area contributed by atoms with E-state index < -0.39 is 0 Å². The van der Waals surface area contributed by atoms with Crippen molar-refractivity contribution in [1.29, 1.82) is 0 Å². The van der Waals surface area contributed by atoms with Gasteiger partial charge in [0.15, 0.2) is 0 Å². The predicted octanol–water partition coefficient (Wildman–Crippen LogP) is 3.14. The van der Waals surface area contributed by atoms with Crippen LogP contribution in [0.15, 0.2) is 43.0 Å². The first-order chi connectivity index (χ1) is 10.1. The van der Waals surface area contributed by atoms with Gasteiger partial charge in [0, 0.05) is 37.7 Å². The summed E-state index contributed by atoms with van der Waals surface area (Å²) in [7, 11) is 1.95. The molecule has 21 heavy (non-hydrogen) atoms. The molecule has 3 aromatic rings. The van der Waals surface area contributed by atoms with Crippen molar-refractivity contribution in [3.63, 3.8) is 0 Å². The van der Waals surface area contributed by atoms with Crippen LogP contribution in [-0.2, 0) is 20.0 Å². The van der Waals surface area contributed by atoms with Crippen LogP contribution in [0, 0.1) is 13.8 Å². The van der Waals surface area contributed by atoms with Crippen molar-refractivity contribution in [3.8, 4) is 11.4 Å². The summed E-state index contributed by atoms with van der Waals surface area (Å²) in [6.07, 6.45) is 8.86. The largest absolute Gasteiger partial charge is 0.331 e. The topological polar surface area (TPSA) is 35.6 Å². The first-order valence-electron chi connectivity index (χ1n) is 7.19. The Morgan fingerprint density at radius 1 is 1.10 bits per heavy atom. The maximum atomic E-state index is 4.53. The van der Waals surface area contributed by atoms with E-state index in [0.29, 0.717) is 0 Å². The molecular weight excluding hydrogens is 260 g/mol. The fourth-order valence-corrected chi connectivity index (χ4v) is 2.70. The molecule has 0 amide bonds. The zero-order chi connectivity index (χ0) is 14.8. The van der Waals surface area contributed by atoms with E-state index in [9.17, 15) is 0 Å². The van der Waals surface area contributed by atoms with Gasteiger partial charge in [-0.25, -0.2) is 4.98 Å². The number of aromatic nitrogens is 4. The second-order valence-corrected chi connectivity index (χ2v) is 5.59. The lowest BCUT2D eigenvalue weighted by Gasteiger charge is -2.09. The van der Waals surface area contributed by atoms with Gasteiger partial charge in [0.1, 0.15) is 5.82 Å². The van der Waals surface area contributed by atoms with Crippen molar-refractivity contribution in [2.45, 2.75) is 26.8 Å². The van der Waals surface area contributed by atoms with E-state index in [-0.39, 0.29) is 0 Å². The highest BCUT2D eigenvalue weighted by atomic mass is 15.2. The average Bonchev–Trinajstić information content (AvgIpc) is 3.03. The molecule has 0 bridgehead atoms. The Kier molecular flexibility index (Phi) is 3.60. The Hall–Kier alpha value is -2.36. The van der Waals surface area contributed by atoms with Crippen LogP contribution in [0.4, 0.5) is 0 Å². The maximum Gasteiger partial charge on any atom is 0.139 e. The molecular formula is C17H20N4. The van der Waals surface area contributed by atoms with Crippen LogP contribution < -0.4 is 0 Å². The van der Waals surface area contributed by atoms with Crippen molar-refractivity contribution in [3.05, 3.63) is 59.7 Å². The lowest BCUT2D eigenvalue weighted by atomic mass is 10.1. The number of hydrogen-bond acceptors (Lipinski definition) is 2. The van der Waals surface area contributed by atoms with Crippen LogP contribution in [0.3, 0.4) is 0 Å². The quantitative estimate of drug-likeness (QED) is 0.736. The summed E-state index contributed by atoms with van der Waals surface area (Å²) >= 11 is 0. The van der Waals surface area contributed by atoms with Gasteiger partial charge >= 0.3 is 0 Å². The lowest BCUT2D eigenvalue weighted by Crippen LogP contribution is -2.02. The fourth-order valence-electron chi connectivity index (χ4n) is 2.70. The van der Waals surface area contributed by atoms with Crippen molar-refractivity contribution in [2.75, 3.05) is 0 Å². The number of aryl methyl sites for hydroxylation is 5. The highest BCUT2D eigenvalue weighted by molar-refractivity contribution is 5.58. The predicted molar refractivity (Wildman–Crippen MR) is 84.0 cm³/mol. The molecule has 0 spiro atoms. The Labute approximate surface area is 125 Å². The lowest BCUT2D eigenvalue weighted by molar-refractivity contribution is 0.701. The first kappa shape index (κ1) is 13.6. The zero-order valence-corrected chi connectivity index (χ0v) is 12.7. The van der Waals surface area contributed by atoms with Gasteiger partial charge in [-0.3, -0.25) is 4.68 Å². The number of hydrogen-bond donors (Lipinski definition) is 0. The number of imidazole rings is 1. The molecule has 0 atom stereocenters. The Morgan fingerprint density at radius 3 is 2.52 bits per heavy atom. The normalized spacial score (nSPS) is 11.0. The molecule has 0 N–H and O–H groups in total. The maximum absolute atomic E-state index is 4.53. The van der Waals surface area contributed by atoms with Crippen LogP contribution in [0.1, 0.15) is 16.7 Å². The van der Waals surface area contributed by atoms with Gasteiger partial charge in [-0.1, -0.05) is 17.2 Å². The van der Waals surface area contributed by atoms with Gasteiger partial charge in [-0.05, 0) is 38.0 Å². The van der Waals surface area contributed by atoms with Crippen LogP contribution in [-0.4, -0.2) is 19.3 Å². The molecule has 4 nitrogen and oxygen atoms in total. The van der Waals surface area contributed by atoms with E-state index in [4.69, 9.17) is 0 Å². The summed E-state index contributed by atoms with van der Waals surface area (Å²) in [6.45, 7) is 5.16. The van der Waals surface area contributed by atoms with Gasteiger partial charge in [-0.15, -0.1) is 0 Å². The van der Waals surface area contributed by atoms with Gasteiger partial charge in [0.05, 0.1) is 6.20 Å². The van der Waals surface area contributed by atoms with Crippen LogP contribution >= 0.6 is 0 Å². The smallest absolute Gasteiger partial charge is 0.139 e. The molecule has 2 aromatic heterocycles. The molecule has 0 aliphatic carbocycles. The molecule has 0 aliphatic rings. The van der Waals surface area contributed by atoms with Gasteiger partial charge in [0.2, 0.25) is 0 Å². The Bertz CT molecular complexity index is 731. The second-order valence-electron chi connectivity index (χ2n) is 5.59. The van der Waals surface area contributed by atoms with Gasteiger partial charge in [0.25, 0.3) is 0 Å². The third kappa shape index (κ3) is 3.05. The molecule has 0 aliphatic heterocycles. The van der Waals surface area contributed by atoms with Gasteiger partial charge in [-0.2, -0.15) is 5.10 Å². The average molecular weight is 280 g/mol. The van der Waals surface area contributed by atoms with Crippen molar-refractivity contribution in [1.82, 2.24) is 19.3 Å². The molecule has 4 heteroatoms. The fraction of sp³-hybridized carbons (Fsp3) is 0.294. The van der Waals surface area contributed by atoms with Crippen LogP contribution in [0.5, 0.6) is 0 Å². The molecule has 2 heterocycles. The molecule has 0 fully saturated rings. The summed E-state index contributed by atoms with van der Waals surface area (Å²) in [5.41, 5.74) is 4.97. The van der Waals surface area contributed by atoms with E-state index in [1.54, 1.807) is 0 Å². The third-order valence-electron chi connectivity index (χ3n) is 3.60. The van der Waals surface area contributed by atoms with Crippen molar-refractivity contribution >= 4 is 0 Å². The monoisotopic (exact) mass is 280 g/mol. The summed E-state index contributed by atoms with van der Waals surface area (Å²) in [6, 6.07) is 6.57. The molecule has 1 aromatic carbocycles. The van der Waals surface area contributed by atoms with Crippen molar-refractivity contribution < 1.29 is 0 Å². The molecule has 108 valence electrons. The van der Waals surface area contributed by atoms with E-state index in [0.717, 1.165) is 18.8 Å². The van der Waals surface area contributed by atoms with Crippen molar-refractivity contribution in [2.24, 2.45) is 7.05 Å². The Balaban J connectivity index is 1.83. The number of rotatable bonds is 4. The number of nitrogens with zero attached hydrogens (tertiary/aromatic N) is 4. The summed E-state index contributed by atoms with van der Waals surface area (Å²) in [5, 5.41) is 4.21. The third-order valence-corrected chi connectivity index (χ3v) is 3.60. The minimum atomic E-state index is 0.911. The van der Waals surface area contributed by atoms with E-state index in [1.165, 1.54) is 22.3 Å². The highest BCUT2D eigenvalue weighted by Gasteiger charge is 2.07. The minimum Gasteiger partial charge on any atom is -0.331 e. The second kappa shape index (κ2) is 5.56. The Morgan fingerprint density at radius 2 is 1.86 bits per heavy atom. The highest BCUT2D eigenvalue weighted by Crippen LogP contribution is 2.21. The van der Waals surface area contributed by atoms with Gasteiger partial charge < -0.3 is 4.57 Å². The summed E-state index contributed by atoms with van der Waals surface area (Å²) in [5.74, 6) is 1.03. The summed E-state index contributed by atoms with van der Waals surface area (Å²) in [4.78, 5) is 4.53. The molecule has 0 saturated heterocycles. The zero-order valence-electron chi connectivity index (χ0n) is 12.7. The van der Waals surface area contributed by atoms with Crippen LogP contribution in [0.25, 0.3) is 11.4 Å². The first-order valence-corrected chi connectivity index (χ1v) is 7.19. The SMILES string of the molecule is Cc1cc(C)cc(-c2nccn2CCc2cnn(C)c2)c1. The standard InChI is InChI=1S/C17H20N4/c1-13-8-14(2)10-16(9-13)17-18-5-7-21(17)6-4-15-11-19-20(3)12-15/h5,7-12H,4,6H2,1-3H3. The summed E-state index contributed by atoms with van der Waals surface area (Å²) < 4.78 is 4.05. The minimum absolute atomic E-state index is 0.911. The number of benzene rings is 1. The van der Waals surface area contributed by atoms with E-state index >= 15 is 0 Å².